The molecule has 0 radical (unpaired) electrons. The van der Waals surface area contributed by atoms with Crippen LogP contribution in [0.1, 0.15) is 29.5 Å². The van der Waals surface area contributed by atoms with Gasteiger partial charge < -0.3 is 10.4 Å². The zero-order valence-corrected chi connectivity index (χ0v) is 9.77. The molecule has 0 unspecified atom stereocenters. The molecule has 84 valence electrons. The molecule has 1 aromatic rings. The molecule has 0 saturated heterocycles. The molecule has 0 amide bonds. The predicted octanol–water partition coefficient (Wildman–Crippen LogP) is 2.26. The van der Waals surface area contributed by atoms with Crippen LogP contribution in [-0.4, -0.2) is 17.6 Å². The molecular formula is C11H17NO2S. The van der Waals surface area contributed by atoms with Crippen molar-refractivity contribution in [2.45, 2.75) is 32.7 Å². The lowest BCUT2D eigenvalue weighted by molar-refractivity contribution is -0.136. The molecule has 0 fully saturated rings. The number of nitrogens with one attached hydrogen (secondary N) is 1. The van der Waals surface area contributed by atoms with Crippen molar-refractivity contribution in [3.05, 3.63) is 21.9 Å². The fraction of sp³-hybridized carbons (Fsp3) is 0.545. The minimum Gasteiger partial charge on any atom is -0.481 e. The summed E-state index contributed by atoms with van der Waals surface area (Å²) in [6.07, 6.45) is 2.52. The number of rotatable bonds is 7. The van der Waals surface area contributed by atoms with Crippen molar-refractivity contribution >= 4 is 17.3 Å². The maximum absolute atomic E-state index is 10.5. The molecule has 1 aromatic heterocycles. The van der Waals surface area contributed by atoms with Gasteiger partial charge in [-0.2, -0.15) is 0 Å². The van der Waals surface area contributed by atoms with E-state index in [0.717, 1.165) is 18.0 Å². The maximum Gasteiger partial charge on any atom is 0.308 e. The van der Waals surface area contributed by atoms with Crippen molar-refractivity contribution in [2.75, 3.05) is 6.54 Å². The predicted molar refractivity (Wildman–Crippen MR) is 62.3 cm³/mol. The van der Waals surface area contributed by atoms with Crippen LogP contribution in [0.5, 0.6) is 0 Å². The van der Waals surface area contributed by atoms with E-state index in [0.29, 0.717) is 0 Å². The molecule has 3 nitrogen and oxygen atoms in total. The van der Waals surface area contributed by atoms with Crippen molar-refractivity contribution in [1.82, 2.24) is 5.32 Å². The van der Waals surface area contributed by atoms with Gasteiger partial charge >= 0.3 is 5.97 Å². The van der Waals surface area contributed by atoms with Gasteiger partial charge in [-0.25, -0.2) is 0 Å². The van der Waals surface area contributed by atoms with Crippen LogP contribution in [0, 0.1) is 0 Å². The lowest BCUT2D eigenvalue weighted by Gasteiger charge is -2.00. The molecule has 0 saturated carbocycles. The average molecular weight is 227 g/mol. The third-order valence-electron chi connectivity index (χ3n) is 2.05. The molecule has 0 aliphatic rings. The van der Waals surface area contributed by atoms with Crippen LogP contribution < -0.4 is 5.32 Å². The Morgan fingerprint density at radius 3 is 2.87 bits per heavy atom. The maximum atomic E-state index is 10.5. The number of aliphatic carboxylic acids is 1. The summed E-state index contributed by atoms with van der Waals surface area (Å²) >= 11 is 1.58. The molecule has 0 aliphatic heterocycles. The van der Waals surface area contributed by atoms with E-state index in [1.165, 1.54) is 17.7 Å². The Morgan fingerprint density at radius 2 is 2.20 bits per heavy atom. The SMILES string of the molecule is CCCCNCc1ccc(CC(=O)O)s1. The number of carboxylic acids is 1. The van der Waals surface area contributed by atoms with Crippen molar-refractivity contribution < 1.29 is 9.90 Å². The van der Waals surface area contributed by atoms with Gasteiger partial charge in [-0.05, 0) is 25.1 Å². The van der Waals surface area contributed by atoms with E-state index in [-0.39, 0.29) is 6.42 Å². The normalized spacial score (nSPS) is 10.5. The summed E-state index contributed by atoms with van der Waals surface area (Å²) in [5.74, 6) is -0.762. The lowest BCUT2D eigenvalue weighted by atomic mass is 10.3. The second kappa shape index (κ2) is 6.58. The number of thiophene rings is 1. The van der Waals surface area contributed by atoms with E-state index in [1.807, 2.05) is 12.1 Å². The fourth-order valence-corrected chi connectivity index (χ4v) is 2.25. The van der Waals surface area contributed by atoms with Crippen LogP contribution in [0.15, 0.2) is 12.1 Å². The summed E-state index contributed by atoms with van der Waals surface area (Å²) in [5, 5.41) is 11.9. The Hall–Kier alpha value is -0.870. The molecule has 0 aromatic carbocycles. The lowest BCUT2D eigenvalue weighted by Crippen LogP contribution is -2.13. The zero-order chi connectivity index (χ0) is 11.1. The fourth-order valence-electron chi connectivity index (χ4n) is 1.27. The zero-order valence-electron chi connectivity index (χ0n) is 8.95. The summed E-state index contributed by atoms with van der Waals surface area (Å²) < 4.78 is 0. The van der Waals surface area contributed by atoms with Crippen molar-refractivity contribution in [3.63, 3.8) is 0 Å². The molecule has 1 heterocycles. The Bertz CT molecular complexity index is 309. The van der Waals surface area contributed by atoms with Crippen LogP contribution in [0.4, 0.5) is 0 Å². The largest absolute Gasteiger partial charge is 0.481 e. The molecule has 0 atom stereocenters. The summed E-state index contributed by atoms with van der Waals surface area (Å²) in [5.41, 5.74) is 0. The summed E-state index contributed by atoms with van der Waals surface area (Å²) in [7, 11) is 0. The average Bonchev–Trinajstić information content (AvgIpc) is 2.59. The number of carboxylic acid groups (broad SMARTS) is 1. The highest BCUT2D eigenvalue weighted by atomic mass is 32.1. The van der Waals surface area contributed by atoms with Gasteiger partial charge in [0.1, 0.15) is 0 Å². The van der Waals surface area contributed by atoms with Gasteiger partial charge in [0.05, 0.1) is 6.42 Å². The van der Waals surface area contributed by atoms with Crippen molar-refractivity contribution in [2.24, 2.45) is 0 Å². The Morgan fingerprint density at radius 1 is 1.47 bits per heavy atom. The highest BCUT2D eigenvalue weighted by Gasteiger charge is 2.03. The molecule has 0 spiro atoms. The topological polar surface area (TPSA) is 49.3 Å². The quantitative estimate of drug-likeness (QED) is 0.702. The van der Waals surface area contributed by atoms with E-state index in [2.05, 4.69) is 12.2 Å². The Labute approximate surface area is 94.1 Å². The molecule has 4 heteroatoms. The van der Waals surface area contributed by atoms with Gasteiger partial charge in [0, 0.05) is 16.3 Å². The first-order valence-corrected chi connectivity index (χ1v) is 6.04. The summed E-state index contributed by atoms with van der Waals surface area (Å²) in [4.78, 5) is 12.6. The minimum atomic E-state index is -0.762. The molecular weight excluding hydrogens is 210 g/mol. The third-order valence-corrected chi connectivity index (χ3v) is 3.13. The standard InChI is InChI=1S/C11H17NO2S/c1-2-3-6-12-8-10-5-4-9(15-10)7-11(13)14/h4-5,12H,2-3,6-8H2,1H3,(H,13,14). The second-order valence-electron chi connectivity index (χ2n) is 3.47. The molecule has 2 N–H and O–H groups in total. The molecule has 1 rings (SSSR count). The van der Waals surface area contributed by atoms with Crippen molar-refractivity contribution in [3.8, 4) is 0 Å². The van der Waals surface area contributed by atoms with Crippen LogP contribution in [0.2, 0.25) is 0 Å². The van der Waals surface area contributed by atoms with Gasteiger partial charge in [0.2, 0.25) is 0 Å². The Balaban J connectivity index is 2.29. The van der Waals surface area contributed by atoms with Crippen LogP contribution in [-0.2, 0) is 17.8 Å². The number of hydrogen-bond acceptors (Lipinski definition) is 3. The second-order valence-corrected chi connectivity index (χ2v) is 4.72. The van der Waals surface area contributed by atoms with Crippen molar-refractivity contribution in [1.29, 1.82) is 0 Å². The van der Waals surface area contributed by atoms with Gasteiger partial charge in [-0.15, -0.1) is 11.3 Å². The smallest absolute Gasteiger partial charge is 0.308 e. The van der Waals surface area contributed by atoms with E-state index < -0.39 is 5.97 Å². The highest BCUT2D eigenvalue weighted by molar-refractivity contribution is 7.12. The minimum absolute atomic E-state index is 0.139. The van der Waals surface area contributed by atoms with Crippen LogP contribution >= 0.6 is 11.3 Å². The Kier molecular flexibility index (Phi) is 5.36. The monoisotopic (exact) mass is 227 g/mol. The first-order chi connectivity index (χ1) is 7.22. The van der Waals surface area contributed by atoms with Crippen LogP contribution in [0.3, 0.4) is 0 Å². The summed E-state index contributed by atoms with van der Waals surface area (Å²) in [6, 6.07) is 3.90. The van der Waals surface area contributed by atoms with E-state index >= 15 is 0 Å². The number of hydrogen-bond donors (Lipinski definition) is 2. The van der Waals surface area contributed by atoms with Crippen LogP contribution in [0.25, 0.3) is 0 Å². The first kappa shape index (κ1) is 12.2. The molecule has 15 heavy (non-hydrogen) atoms. The third kappa shape index (κ3) is 4.95. The molecule has 0 bridgehead atoms. The van der Waals surface area contributed by atoms with E-state index in [1.54, 1.807) is 11.3 Å². The highest BCUT2D eigenvalue weighted by Crippen LogP contribution is 2.16. The number of unbranched alkanes of at least 4 members (excludes halogenated alkanes) is 1. The summed E-state index contributed by atoms with van der Waals surface area (Å²) in [6.45, 7) is 4.05. The van der Waals surface area contributed by atoms with Gasteiger partial charge in [-0.1, -0.05) is 13.3 Å². The van der Waals surface area contributed by atoms with Gasteiger partial charge in [0.15, 0.2) is 0 Å². The van der Waals surface area contributed by atoms with E-state index in [4.69, 9.17) is 5.11 Å². The first-order valence-electron chi connectivity index (χ1n) is 5.22. The molecule has 0 aliphatic carbocycles. The van der Waals surface area contributed by atoms with E-state index in [9.17, 15) is 4.79 Å². The number of carbonyl (C=O) groups is 1. The van der Waals surface area contributed by atoms with Gasteiger partial charge in [0.25, 0.3) is 0 Å². The van der Waals surface area contributed by atoms with Gasteiger partial charge in [-0.3, -0.25) is 4.79 Å².